The Morgan fingerprint density at radius 2 is 1.82 bits per heavy atom. The Labute approximate surface area is 163 Å². The molecule has 1 saturated carbocycles. The number of benzene rings is 2. The largest absolute Gasteiger partial charge is 0.350 e. The number of nitrogens with one attached hydrogen (secondary N) is 2. The third kappa shape index (κ3) is 3.98. The van der Waals surface area contributed by atoms with E-state index in [-0.39, 0.29) is 11.7 Å². The van der Waals surface area contributed by atoms with Crippen LogP contribution in [0.25, 0.3) is 5.69 Å². The first-order chi connectivity index (χ1) is 13.6. The van der Waals surface area contributed by atoms with E-state index in [4.69, 9.17) is 0 Å². The minimum absolute atomic E-state index is 0.172. The second-order valence-electron chi connectivity index (χ2n) is 7.06. The number of para-hydroxylation sites is 1. The van der Waals surface area contributed by atoms with Crippen molar-refractivity contribution in [2.75, 3.05) is 11.9 Å². The van der Waals surface area contributed by atoms with Crippen molar-refractivity contribution in [3.63, 3.8) is 0 Å². The molecule has 4 rings (SSSR count). The Kier molecular flexibility index (Phi) is 4.97. The topological polar surface area (TPSA) is 81.0 Å². The van der Waals surface area contributed by atoms with E-state index in [0.29, 0.717) is 19.0 Å². The van der Waals surface area contributed by atoms with Crippen LogP contribution in [0.5, 0.6) is 0 Å². The highest BCUT2D eigenvalue weighted by atomic mass is 16.2. The Bertz CT molecular complexity index is 1020. The van der Waals surface area contributed by atoms with Crippen molar-refractivity contribution in [2.24, 2.45) is 0 Å². The molecule has 3 aromatic rings. The van der Waals surface area contributed by atoms with Gasteiger partial charge >= 0.3 is 11.7 Å². The maximum absolute atomic E-state index is 12.9. The summed E-state index contributed by atoms with van der Waals surface area (Å²) in [4.78, 5) is 24.9. The van der Waals surface area contributed by atoms with Crippen molar-refractivity contribution >= 4 is 11.7 Å². The molecular weight excluding hydrogens is 354 g/mol. The first-order valence-electron chi connectivity index (χ1n) is 9.48. The summed E-state index contributed by atoms with van der Waals surface area (Å²) >= 11 is 0. The minimum atomic E-state index is -0.304. The van der Waals surface area contributed by atoms with E-state index >= 15 is 0 Å². The van der Waals surface area contributed by atoms with E-state index in [1.165, 1.54) is 4.68 Å². The molecule has 144 valence electrons. The molecule has 0 bridgehead atoms. The Balaban J connectivity index is 1.42. The van der Waals surface area contributed by atoms with Crippen LogP contribution in [0, 0.1) is 6.92 Å². The molecule has 1 aromatic heterocycles. The fourth-order valence-corrected chi connectivity index (χ4v) is 3.08. The number of carbonyl (C=O) groups is 1. The van der Waals surface area contributed by atoms with Gasteiger partial charge in [-0.1, -0.05) is 35.9 Å². The zero-order valence-corrected chi connectivity index (χ0v) is 15.8. The van der Waals surface area contributed by atoms with Gasteiger partial charge in [-0.25, -0.2) is 18.8 Å². The number of rotatable bonds is 6. The number of amides is 2. The molecule has 0 unspecified atom stereocenters. The second-order valence-corrected chi connectivity index (χ2v) is 7.06. The summed E-state index contributed by atoms with van der Waals surface area (Å²) in [6.07, 6.45) is 2.11. The van der Waals surface area contributed by atoms with Crippen molar-refractivity contribution in [3.8, 4) is 5.69 Å². The zero-order chi connectivity index (χ0) is 19.5. The zero-order valence-electron chi connectivity index (χ0n) is 15.8. The van der Waals surface area contributed by atoms with Crippen LogP contribution in [-0.2, 0) is 6.54 Å². The maximum Gasteiger partial charge on any atom is 0.350 e. The SMILES string of the molecule is Cc1ccc(NC(=O)NCCn2nc(C3CC3)n(-c3ccccc3)c2=O)cc1. The minimum Gasteiger partial charge on any atom is -0.336 e. The number of anilines is 1. The number of nitrogens with zero attached hydrogens (tertiary/aromatic N) is 3. The van der Waals surface area contributed by atoms with Crippen molar-refractivity contribution in [2.45, 2.75) is 32.2 Å². The highest BCUT2D eigenvalue weighted by Gasteiger charge is 2.31. The molecule has 2 amide bonds. The fourth-order valence-electron chi connectivity index (χ4n) is 3.08. The predicted molar refractivity (Wildman–Crippen MR) is 108 cm³/mol. The van der Waals surface area contributed by atoms with Crippen molar-refractivity contribution < 1.29 is 4.79 Å². The number of carbonyl (C=O) groups excluding carboxylic acids is 1. The molecule has 2 aromatic carbocycles. The van der Waals surface area contributed by atoms with Crippen molar-refractivity contribution in [3.05, 3.63) is 76.5 Å². The monoisotopic (exact) mass is 377 g/mol. The van der Waals surface area contributed by atoms with Gasteiger partial charge in [-0.3, -0.25) is 0 Å². The number of hydrogen-bond acceptors (Lipinski definition) is 3. The van der Waals surface area contributed by atoms with Gasteiger partial charge in [0.25, 0.3) is 0 Å². The summed E-state index contributed by atoms with van der Waals surface area (Å²) in [6.45, 7) is 2.62. The highest BCUT2D eigenvalue weighted by molar-refractivity contribution is 5.89. The first kappa shape index (κ1) is 18.0. The summed E-state index contributed by atoms with van der Waals surface area (Å²) in [5.74, 6) is 1.15. The molecule has 7 heteroatoms. The molecule has 28 heavy (non-hydrogen) atoms. The smallest absolute Gasteiger partial charge is 0.336 e. The first-order valence-corrected chi connectivity index (χ1v) is 9.48. The Morgan fingerprint density at radius 3 is 2.50 bits per heavy atom. The van der Waals surface area contributed by atoms with E-state index in [9.17, 15) is 9.59 Å². The molecule has 1 heterocycles. The van der Waals surface area contributed by atoms with Crippen LogP contribution in [0.4, 0.5) is 10.5 Å². The van der Waals surface area contributed by atoms with Gasteiger partial charge in [0.15, 0.2) is 0 Å². The molecule has 1 aliphatic carbocycles. The Hall–Kier alpha value is -3.35. The van der Waals surface area contributed by atoms with Crippen molar-refractivity contribution in [1.82, 2.24) is 19.7 Å². The highest BCUT2D eigenvalue weighted by Crippen LogP contribution is 2.39. The lowest BCUT2D eigenvalue weighted by Gasteiger charge is -2.07. The predicted octanol–water partition coefficient (Wildman–Crippen LogP) is 3.04. The van der Waals surface area contributed by atoms with Gasteiger partial charge in [-0.2, -0.15) is 5.10 Å². The van der Waals surface area contributed by atoms with Gasteiger partial charge < -0.3 is 10.6 Å². The van der Waals surface area contributed by atoms with Crippen LogP contribution in [0.3, 0.4) is 0 Å². The van der Waals surface area contributed by atoms with Crippen LogP contribution >= 0.6 is 0 Å². The normalized spacial score (nSPS) is 13.3. The van der Waals surface area contributed by atoms with Gasteiger partial charge in [0.1, 0.15) is 5.82 Å². The lowest BCUT2D eigenvalue weighted by Crippen LogP contribution is -2.34. The van der Waals surface area contributed by atoms with Gasteiger partial charge in [0, 0.05) is 18.2 Å². The summed E-state index contributed by atoms with van der Waals surface area (Å²) in [7, 11) is 0. The maximum atomic E-state index is 12.9. The van der Waals surface area contributed by atoms with Crippen LogP contribution < -0.4 is 16.3 Å². The molecule has 2 N–H and O–H groups in total. The quantitative estimate of drug-likeness (QED) is 0.693. The lowest BCUT2D eigenvalue weighted by molar-refractivity contribution is 0.251. The molecule has 7 nitrogen and oxygen atoms in total. The van der Waals surface area contributed by atoms with Crippen LogP contribution in [0.2, 0.25) is 0 Å². The lowest BCUT2D eigenvalue weighted by atomic mass is 10.2. The molecule has 0 saturated heterocycles. The number of aryl methyl sites for hydroxylation is 1. The van der Waals surface area contributed by atoms with E-state index in [0.717, 1.165) is 35.6 Å². The summed E-state index contributed by atoms with van der Waals surface area (Å²) in [6, 6.07) is 16.8. The molecule has 0 spiro atoms. The Morgan fingerprint density at radius 1 is 1.11 bits per heavy atom. The average molecular weight is 377 g/mol. The van der Waals surface area contributed by atoms with E-state index < -0.39 is 0 Å². The number of hydrogen-bond donors (Lipinski definition) is 2. The summed E-state index contributed by atoms with van der Waals surface area (Å²) < 4.78 is 3.12. The van der Waals surface area contributed by atoms with Crippen LogP contribution in [0.15, 0.2) is 59.4 Å². The van der Waals surface area contributed by atoms with Crippen molar-refractivity contribution in [1.29, 1.82) is 0 Å². The van der Waals surface area contributed by atoms with Gasteiger partial charge in [-0.05, 0) is 44.0 Å². The summed E-state index contributed by atoms with van der Waals surface area (Å²) in [5.41, 5.74) is 2.51. The van der Waals surface area contributed by atoms with E-state index in [1.54, 1.807) is 4.57 Å². The third-order valence-electron chi connectivity index (χ3n) is 4.74. The molecule has 0 atom stereocenters. The van der Waals surface area contributed by atoms with Crippen LogP contribution in [0.1, 0.15) is 30.1 Å². The van der Waals surface area contributed by atoms with E-state index in [1.807, 2.05) is 61.5 Å². The third-order valence-corrected chi connectivity index (χ3v) is 4.74. The average Bonchev–Trinajstić information content (AvgIpc) is 3.49. The van der Waals surface area contributed by atoms with Gasteiger partial charge in [0.2, 0.25) is 0 Å². The number of aromatic nitrogens is 3. The molecule has 0 radical (unpaired) electrons. The standard InChI is InChI=1S/C21H23N5O2/c1-15-7-11-17(12-8-15)23-20(27)22-13-14-25-21(28)26(18-5-3-2-4-6-18)19(24-25)16-9-10-16/h2-8,11-12,16H,9-10,13-14H2,1H3,(H2,22,23,27). The van der Waals surface area contributed by atoms with Gasteiger partial charge in [0.05, 0.1) is 12.2 Å². The molecule has 1 fully saturated rings. The van der Waals surface area contributed by atoms with Gasteiger partial charge in [-0.15, -0.1) is 0 Å². The summed E-state index contributed by atoms with van der Waals surface area (Å²) in [5, 5.41) is 10.1. The number of urea groups is 1. The fraction of sp³-hybridized carbons (Fsp3) is 0.286. The molecule has 1 aliphatic rings. The second kappa shape index (κ2) is 7.72. The molecular formula is C21H23N5O2. The van der Waals surface area contributed by atoms with Crippen LogP contribution in [-0.4, -0.2) is 26.9 Å². The molecule has 0 aliphatic heterocycles. The van der Waals surface area contributed by atoms with E-state index in [2.05, 4.69) is 15.7 Å².